The van der Waals surface area contributed by atoms with E-state index in [0.29, 0.717) is 18.4 Å². The number of carbonyl (C=O) groups excluding carboxylic acids is 1. The molecule has 1 aliphatic rings. The van der Waals surface area contributed by atoms with Gasteiger partial charge in [0.15, 0.2) is 9.84 Å². The summed E-state index contributed by atoms with van der Waals surface area (Å²) < 4.78 is 43.8. The highest BCUT2D eigenvalue weighted by atomic mass is 35.5. The Balaban J connectivity index is 2.32. The molecule has 2 atom stereocenters. The van der Waals surface area contributed by atoms with Crippen molar-refractivity contribution in [3.8, 4) is 0 Å². The maximum absolute atomic E-state index is 13.1. The molecule has 0 aliphatic heterocycles. The molecule has 0 fully saturated rings. The van der Waals surface area contributed by atoms with Crippen molar-refractivity contribution in [3.63, 3.8) is 0 Å². The van der Waals surface area contributed by atoms with Crippen LogP contribution in [0.2, 0.25) is 5.02 Å². The van der Waals surface area contributed by atoms with Crippen LogP contribution in [-0.2, 0) is 25.1 Å². The fourth-order valence-electron chi connectivity index (χ4n) is 2.81. The number of ether oxygens (including phenoxy) is 1. The van der Waals surface area contributed by atoms with E-state index >= 15 is 0 Å². The molecular weight excluding hydrogens is 355 g/mol. The molecule has 4 nitrogen and oxygen atoms in total. The number of allylic oxidation sites excluding steroid dienone is 1. The van der Waals surface area contributed by atoms with E-state index in [4.69, 9.17) is 16.3 Å². The number of sulfone groups is 1. The first-order chi connectivity index (χ1) is 11.2. The molecule has 0 heterocycles. The van der Waals surface area contributed by atoms with E-state index in [2.05, 4.69) is 0 Å². The van der Waals surface area contributed by atoms with Crippen LogP contribution < -0.4 is 0 Å². The van der Waals surface area contributed by atoms with Gasteiger partial charge in [-0.05, 0) is 43.4 Å². The van der Waals surface area contributed by atoms with E-state index in [9.17, 15) is 17.6 Å². The molecule has 1 aromatic rings. The first kappa shape index (κ1) is 18.9. The Bertz CT molecular complexity index is 758. The SMILES string of the molecule is CCOC(=O)C1=C[C@@H](C)CC[C@H]1S(=O)(=O)Cc1ccc(F)cc1Cl. The number of benzene rings is 1. The van der Waals surface area contributed by atoms with Gasteiger partial charge in [-0.1, -0.05) is 30.7 Å². The minimum absolute atomic E-state index is 0.0596. The third-order valence-corrected chi connectivity index (χ3v) is 6.43. The van der Waals surface area contributed by atoms with Crippen LogP contribution in [0.25, 0.3) is 0 Å². The molecule has 1 aromatic carbocycles. The van der Waals surface area contributed by atoms with Gasteiger partial charge in [0, 0.05) is 5.02 Å². The standard InChI is InChI=1S/C17H20ClFO4S/c1-3-23-17(20)14-8-11(2)4-7-16(14)24(21,22)10-12-5-6-13(19)9-15(12)18/h5-6,8-9,11,16H,3-4,7,10H2,1-2H3/t11-,16+/m0/s1. The van der Waals surface area contributed by atoms with Crippen LogP contribution in [-0.4, -0.2) is 26.2 Å². The van der Waals surface area contributed by atoms with Gasteiger partial charge in [-0.15, -0.1) is 0 Å². The first-order valence-corrected chi connectivity index (χ1v) is 9.88. The second-order valence-electron chi connectivity index (χ2n) is 5.93. The molecule has 0 N–H and O–H groups in total. The Hall–Kier alpha value is -1.40. The molecule has 2 rings (SSSR count). The molecule has 0 radical (unpaired) electrons. The minimum Gasteiger partial charge on any atom is -0.463 e. The van der Waals surface area contributed by atoms with Gasteiger partial charge in [0.25, 0.3) is 0 Å². The zero-order valence-electron chi connectivity index (χ0n) is 13.6. The van der Waals surface area contributed by atoms with E-state index in [1.165, 1.54) is 12.1 Å². The van der Waals surface area contributed by atoms with Crippen molar-refractivity contribution < 1.29 is 22.3 Å². The molecule has 0 saturated carbocycles. The van der Waals surface area contributed by atoms with Gasteiger partial charge in [-0.2, -0.15) is 0 Å². The van der Waals surface area contributed by atoms with Gasteiger partial charge in [0.05, 0.1) is 23.2 Å². The number of hydrogen-bond acceptors (Lipinski definition) is 4. The molecule has 0 unspecified atom stereocenters. The second-order valence-corrected chi connectivity index (χ2v) is 8.52. The lowest BCUT2D eigenvalue weighted by Gasteiger charge is -2.26. The van der Waals surface area contributed by atoms with Crippen LogP contribution >= 0.6 is 11.6 Å². The molecule has 0 saturated heterocycles. The van der Waals surface area contributed by atoms with Crippen molar-refractivity contribution in [2.45, 2.75) is 37.7 Å². The first-order valence-electron chi connectivity index (χ1n) is 7.79. The summed E-state index contributed by atoms with van der Waals surface area (Å²) in [4.78, 5) is 12.1. The van der Waals surface area contributed by atoms with E-state index in [1.807, 2.05) is 6.92 Å². The molecule has 0 aromatic heterocycles. The van der Waals surface area contributed by atoms with Crippen molar-refractivity contribution in [2.75, 3.05) is 6.61 Å². The van der Waals surface area contributed by atoms with E-state index < -0.39 is 26.9 Å². The van der Waals surface area contributed by atoms with Crippen LogP contribution in [0.15, 0.2) is 29.8 Å². The highest BCUT2D eigenvalue weighted by molar-refractivity contribution is 7.91. The Labute approximate surface area is 146 Å². The van der Waals surface area contributed by atoms with Gasteiger partial charge in [0.1, 0.15) is 5.82 Å². The summed E-state index contributed by atoms with van der Waals surface area (Å²) in [5.74, 6) is -1.35. The molecule has 1 aliphatic carbocycles. The van der Waals surface area contributed by atoms with Crippen LogP contribution in [0.1, 0.15) is 32.3 Å². The highest BCUT2D eigenvalue weighted by Gasteiger charge is 2.36. The van der Waals surface area contributed by atoms with Crippen LogP contribution in [0, 0.1) is 11.7 Å². The summed E-state index contributed by atoms with van der Waals surface area (Å²) >= 11 is 5.94. The summed E-state index contributed by atoms with van der Waals surface area (Å²) in [5, 5.41) is -0.863. The number of hydrogen-bond donors (Lipinski definition) is 0. The van der Waals surface area contributed by atoms with E-state index in [-0.39, 0.29) is 28.9 Å². The fraction of sp³-hybridized carbons (Fsp3) is 0.471. The highest BCUT2D eigenvalue weighted by Crippen LogP contribution is 2.32. The van der Waals surface area contributed by atoms with Gasteiger partial charge in [-0.25, -0.2) is 17.6 Å². The Kier molecular flexibility index (Phi) is 6.04. The van der Waals surface area contributed by atoms with Crippen molar-refractivity contribution >= 4 is 27.4 Å². The van der Waals surface area contributed by atoms with Gasteiger partial charge in [-0.3, -0.25) is 0 Å². The fourth-order valence-corrected chi connectivity index (χ4v) is 5.07. The number of rotatable bonds is 5. The molecule has 24 heavy (non-hydrogen) atoms. The predicted molar refractivity (Wildman–Crippen MR) is 90.9 cm³/mol. The summed E-state index contributed by atoms with van der Waals surface area (Å²) in [5.41, 5.74) is 0.508. The molecule has 0 amide bonds. The Morgan fingerprint density at radius 3 is 2.71 bits per heavy atom. The van der Waals surface area contributed by atoms with E-state index in [1.54, 1.807) is 13.0 Å². The molecule has 7 heteroatoms. The van der Waals surface area contributed by atoms with Gasteiger partial charge in [0.2, 0.25) is 0 Å². The lowest BCUT2D eigenvalue weighted by molar-refractivity contribution is -0.138. The van der Waals surface area contributed by atoms with Gasteiger partial charge >= 0.3 is 5.97 Å². The summed E-state index contributed by atoms with van der Waals surface area (Å²) in [6, 6.07) is 3.60. The summed E-state index contributed by atoms with van der Waals surface area (Å²) in [6.45, 7) is 3.78. The molecule has 0 spiro atoms. The predicted octanol–water partition coefficient (Wildman–Crippen LogP) is 3.68. The number of carbonyl (C=O) groups is 1. The Morgan fingerprint density at radius 1 is 1.38 bits per heavy atom. The third kappa shape index (κ3) is 4.36. The number of halogens is 2. The summed E-state index contributed by atoms with van der Waals surface area (Å²) in [6.07, 6.45) is 2.70. The zero-order chi connectivity index (χ0) is 17.9. The topological polar surface area (TPSA) is 60.4 Å². The quantitative estimate of drug-likeness (QED) is 0.737. The maximum Gasteiger partial charge on any atom is 0.335 e. The average molecular weight is 375 g/mol. The lowest BCUT2D eigenvalue weighted by atomic mass is 9.91. The zero-order valence-corrected chi connectivity index (χ0v) is 15.2. The second kappa shape index (κ2) is 7.66. The largest absolute Gasteiger partial charge is 0.463 e. The maximum atomic E-state index is 13.1. The molecular formula is C17H20ClFO4S. The Morgan fingerprint density at radius 2 is 2.08 bits per heavy atom. The smallest absolute Gasteiger partial charge is 0.335 e. The lowest BCUT2D eigenvalue weighted by Crippen LogP contribution is -2.33. The molecule has 132 valence electrons. The van der Waals surface area contributed by atoms with Crippen molar-refractivity contribution in [1.29, 1.82) is 0 Å². The third-order valence-electron chi connectivity index (χ3n) is 4.01. The van der Waals surface area contributed by atoms with E-state index in [0.717, 1.165) is 6.07 Å². The van der Waals surface area contributed by atoms with Crippen molar-refractivity contribution in [1.82, 2.24) is 0 Å². The van der Waals surface area contributed by atoms with Crippen LogP contribution in [0.5, 0.6) is 0 Å². The van der Waals surface area contributed by atoms with Crippen LogP contribution in [0.3, 0.4) is 0 Å². The average Bonchev–Trinajstić information content (AvgIpc) is 2.50. The minimum atomic E-state index is -3.68. The van der Waals surface area contributed by atoms with Gasteiger partial charge < -0.3 is 4.74 Å². The van der Waals surface area contributed by atoms with Crippen LogP contribution in [0.4, 0.5) is 4.39 Å². The summed E-state index contributed by atoms with van der Waals surface area (Å²) in [7, 11) is -3.68. The monoisotopic (exact) mass is 374 g/mol. The number of esters is 1. The molecule has 0 bridgehead atoms. The normalized spacial score (nSPS) is 21.2. The van der Waals surface area contributed by atoms with Crippen molar-refractivity contribution in [3.05, 3.63) is 46.3 Å². The van der Waals surface area contributed by atoms with Crippen molar-refractivity contribution in [2.24, 2.45) is 5.92 Å².